The van der Waals surface area contributed by atoms with E-state index >= 15 is 0 Å². The van der Waals surface area contributed by atoms with E-state index in [-0.39, 0.29) is 18.5 Å². The highest BCUT2D eigenvalue weighted by Gasteiger charge is 2.32. The number of carbonyl (C=O) groups is 2. The predicted molar refractivity (Wildman–Crippen MR) is 142 cm³/mol. The lowest BCUT2D eigenvalue weighted by Gasteiger charge is -2.34. The van der Waals surface area contributed by atoms with Crippen LogP contribution in [0.2, 0.25) is 10.0 Å². The molecule has 192 valence electrons. The van der Waals surface area contributed by atoms with E-state index in [4.69, 9.17) is 23.2 Å². The zero-order valence-electron chi connectivity index (χ0n) is 20.7. The molecule has 2 aromatic rings. The van der Waals surface area contributed by atoms with Crippen LogP contribution in [0.15, 0.2) is 42.5 Å². The number of hydrogen-bond acceptors (Lipinski definition) is 4. The van der Waals surface area contributed by atoms with Crippen molar-refractivity contribution in [3.05, 3.63) is 63.6 Å². The van der Waals surface area contributed by atoms with Gasteiger partial charge in [-0.2, -0.15) is 0 Å². The molecule has 0 radical (unpaired) electrons. The van der Waals surface area contributed by atoms with E-state index in [9.17, 15) is 18.0 Å². The molecular formula is C25H33Cl2N3O4S. The molecule has 0 spiro atoms. The van der Waals surface area contributed by atoms with Crippen LogP contribution in [-0.2, 0) is 26.2 Å². The molecule has 0 bridgehead atoms. The zero-order valence-corrected chi connectivity index (χ0v) is 23.0. The fourth-order valence-electron chi connectivity index (χ4n) is 3.63. The van der Waals surface area contributed by atoms with Crippen LogP contribution in [-0.4, -0.2) is 50.0 Å². The molecule has 0 aliphatic carbocycles. The lowest BCUT2D eigenvalue weighted by molar-refractivity contribution is -0.140. The van der Waals surface area contributed by atoms with Gasteiger partial charge in [-0.15, -0.1) is 0 Å². The second-order valence-corrected chi connectivity index (χ2v) is 11.2. The van der Waals surface area contributed by atoms with Gasteiger partial charge in [0, 0.05) is 22.6 Å². The maximum absolute atomic E-state index is 13.7. The van der Waals surface area contributed by atoms with Crippen LogP contribution < -0.4 is 9.62 Å². The molecule has 2 amide bonds. The molecule has 35 heavy (non-hydrogen) atoms. The van der Waals surface area contributed by atoms with Crippen molar-refractivity contribution in [2.24, 2.45) is 0 Å². The molecule has 2 aromatic carbocycles. The summed E-state index contributed by atoms with van der Waals surface area (Å²) < 4.78 is 26.5. The van der Waals surface area contributed by atoms with E-state index in [2.05, 4.69) is 5.32 Å². The molecular weight excluding hydrogens is 509 g/mol. The standard InChI is InChI=1S/C25H33Cl2N3O4S/c1-6-17(3)28-25(32)22(7-2)29(15-19-11-8-9-12-21(19)27)24(31)16-30(35(5,33)34)23-14-10-13-20(26)18(23)4/h8-14,17,22H,6-7,15-16H2,1-5H3,(H,28,32). The molecule has 0 aromatic heterocycles. The summed E-state index contributed by atoms with van der Waals surface area (Å²) in [7, 11) is -3.84. The topological polar surface area (TPSA) is 86.8 Å². The first kappa shape index (κ1) is 28.9. The first-order valence-electron chi connectivity index (χ1n) is 11.5. The van der Waals surface area contributed by atoms with Crippen molar-refractivity contribution in [3.63, 3.8) is 0 Å². The van der Waals surface area contributed by atoms with E-state index in [1.807, 2.05) is 20.8 Å². The molecule has 7 nitrogen and oxygen atoms in total. The summed E-state index contributed by atoms with van der Waals surface area (Å²) in [4.78, 5) is 28.2. The maximum Gasteiger partial charge on any atom is 0.244 e. The Bertz CT molecular complexity index is 1160. The van der Waals surface area contributed by atoms with Crippen LogP contribution in [0.25, 0.3) is 0 Å². The minimum Gasteiger partial charge on any atom is -0.352 e. The second kappa shape index (κ2) is 12.6. The Morgan fingerprint density at radius 3 is 2.20 bits per heavy atom. The Morgan fingerprint density at radius 2 is 1.63 bits per heavy atom. The van der Waals surface area contributed by atoms with Crippen LogP contribution in [0.4, 0.5) is 5.69 Å². The van der Waals surface area contributed by atoms with Crippen LogP contribution in [0.5, 0.6) is 0 Å². The molecule has 0 aliphatic rings. The van der Waals surface area contributed by atoms with Crippen molar-refractivity contribution >= 4 is 50.7 Å². The summed E-state index contributed by atoms with van der Waals surface area (Å²) in [6.45, 7) is 6.90. The van der Waals surface area contributed by atoms with Crippen molar-refractivity contribution in [1.29, 1.82) is 0 Å². The van der Waals surface area contributed by atoms with E-state index in [0.717, 1.165) is 17.0 Å². The van der Waals surface area contributed by atoms with Gasteiger partial charge in [0.2, 0.25) is 21.8 Å². The number of sulfonamides is 1. The fourth-order valence-corrected chi connectivity index (χ4v) is 4.90. The van der Waals surface area contributed by atoms with Gasteiger partial charge in [0.25, 0.3) is 0 Å². The number of halogens is 2. The summed E-state index contributed by atoms with van der Waals surface area (Å²) in [5.74, 6) is -0.826. The smallest absolute Gasteiger partial charge is 0.244 e. The number of carbonyl (C=O) groups excluding carboxylic acids is 2. The van der Waals surface area contributed by atoms with E-state index in [0.29, 0.717) is 33.3 Å². The second-order valence-electron chi connectivity index (χ2n) is 8.51. The van der Waals surface area contributed by atoms with Gasteiger partial charge in [0.15, 0.2) is 0 Å². The Morgan fingerprint density at radius 1 is 1.00 bits per heavy atom. The first-order chi connectivity index (χ1) is 16.4. The van der Waals surface area contributed by atoms with Crippen LogP contribution in [0, 0.1) is 6.92 Å². The average Bonchev–Trinajstić information content (AvgIpc) is 2.79. The minimum atomic E-state index is -3.84. The monoisotopic (exact) mass is 541 g/mol. The van der Waals surface area contributed by atoms with E-state index in [1.54, 1.807) is 49.4 Å². The third-order valence-electron chi connectivity index (χ3n) is 5.87. The van der Waals surface area contributed by atoms with Crippen LogP contribution in [0.1, 0.15) is 44.7 Å². The first-order valence-corrected chi connectivity index (χ1v) is 14.1. The van der Waals surface area contributed by atoms with Gasteiger partial charge in [0.05, 0.1) is 11.9 Å². The van der Waals surface area contributed by atoms with E-state index in [1.165, 1.54) is 4.90 Å². The quantitative estimate of drug-likeness (QED) is 0.443. The van der Waals surface area contributed by atoms with E-state index < -0.39 is 28.5 Å². The van der Waals surface area contributed by atoms with Crippen molar-refractivity contribution in [1.82, 2.24) is 10.2 Å². The third kappa shape index (κ3) is 7.59. The average molecular weight is 543 g/mol. The third-order valence-corrected chi connectivity index (χ3v) is 7.78. The summed E-state index contributed by atoms with van der Waals surface area (Å²) >= 11 is 12.6. The largest absolute Gasteiger partial charge is 0.352 e. The van der Waals surface area contributed by atoms with Crippen molar-refractivity contribution in [2.75, 3.05) is 17.1 Å². The Hall–Kier alpha value is -2.29. The molecule has 0 saturated heterocycles. The van der Waals surface area contributed by atoms with Crippen LogP contribution >= 0.6 is 23.2 Å². The SMILES string of the molecule is CCC(C)NC(=O)C(CC)N(Cc1ccccc1Cl)C(=O)CN(c1cccc(Cl)c1C)S(C)(=O)=O. The summed E-state index contributed by atoms with van der Waals surface area (Å²) in [6.07, 6.45) is 2.11. The summed E-state index contributed by atoms with van der Waals surface area (Å²) in [5.41, 5.74) is 1.50. The Kier molecular flexibility index (Phi) is 10.4. The Labute approximate surface area is 218 Å². The number of amides is 2. The molecule has 2 unspecified atom stereocenters. The lowest BCUT2D eigenvalue weighted by atomic mass is 10.1. The van der Waals surface area contributed by atoms with Crippen molar-refractivity contribution in [3.8, 4) is 0 Å². The highest BCUT2D eigenvalue weighted by Crippen LogP contribution is 2.29. The zero-order chi connectivity index (χ0) is 26.3. The molecule has 10 heteroatoms. The molecule has 2 atom stereocenters. The number of hydrogen-bond donors (Lipinski definition) is 1. The lowest BCUT2D eigenvalue weighted by Crippen LogP contribution is -2.53. The number of anilines is 1. The molecule has 1 N–H and O–H groups in total. The van der Waals surface area contributed by atoms with Crippen LogP contribution in [0.3, 0.4) is 0 Å². The normalized spacial score (nSPS) is 13.1. The molecule has 0 heterocycles. The number of nitrogens with zero attached hydrogens (tertiary/aromatic N) is 2. The van der Waals surface area contributed by atoms with Gasteiger partial charge in [-0.25, -0.2) is 8.42 Å². The number of rotatable bonds is 11. The van der Waals surface area contributed by atoms with Gasteiger partial charge in [-0.1, -0.05) is 61.3 Å². The molecule has 0 fully saturated rings. The van der Waals surface area contributed by atoms with Gasteiger partial charge < -0.3 is 10.2 Å². The minimum absolute atomic E-state index is 0.0526. The Balaban J connectivity index is 2.50. The molecule has 2 rings (SSSR count). The number of nitrogens with one attached hydrogen (secondary N) is 1. The highest BCUT2D eigenvalue weighted by molar-refractivity contribution is 7.92. The highest BCUT2D eigenvalue weighted by atomic mass is 35.5. The van der Waals surface area contributed by atoms with Gasteiger partial charge >= 0.3 is 0 Å². The molecule has 0 saturated carbocycles. The van der Waals surface area contributed by atoms with Gasteiger partial charge in [0.1, 0.15) is 12.6 Å². The van der Waals surface area contributed by atoms with Gasteiger partial charge in [-0.05, 0) is 56.0 Å². The fraction of sp³-hybridized carbons (Fsp3) is 0.440. The number of benzene rings is 2. The van der Waals surface area contributed by atoms with Gasteiger partial charge in [-0.3, -0.25) is 13.9 Å². The van der Waals surface area contributed by atoms with Crippen molar-refractivity contribution < 1.29 is 18.0 Å². The van der Waals surface area contributed by atoms with Crippen molar-refractivity contribution in [2.45, 2.75) is 59.2 Å². The summed E-state index contributed by atoms with van der Waals surface area (Å²) in [5, 5.41) is 3.77. The molecule has 0 aliphatic heterocycles. The maximum atomic E-state index is 13.7. The predicted octanol–water partition coefficient (Wildman–Crippen LogP) is 4.79. The summed E-state index contributed by atoms with van der Waals surface area (Å²) in [6, 6.07) is 11.0.